The van der Waals surface area contributed by atoms with Gasteiger partial charge in [-0.3, -0.25) is 4.68 Å². The number of rotatable bonds is 5. The first-order valence-electron chi connectivity index (χ1n) is 5.74. The highest BCUT2D eigenvalue weighted by molar-refractivity contribution is 5.10. The van der Waals surface area contributed by atoms with Crippen LogP contribution in [0, 0.1) is 0 Å². The van der Waals surface area contributed by atoms with Gasteiger partial charge in [0.2, 0.25) is 0 Å². The summed E-state index contributed by atoms with van der Waals surface area (Å²) in [6, 6.07) is 2.16. The molecule has 0 aliphatic carbocycles. The lowest BCUT2D eigenvalue weighted by Gasteiger charge is -2.17. The summed E-state index contributed by atoms with van der Waals surface area (Å²) in [5, 5.41) is 14.2. The van der Waals surface area contributed by atoms with E-state index in [0.29, 0.717) is 0 Å². The van der Waals surface area contributed by atoms with Crippen molar-refractivity contribution >= 4 is 0 Å². The molecule has 1 aromatic heterocycles. The van der Waals surface area contributed by atoms with Crippen molar-refractivity contribution < 1.29 is 5.11 Å². The van der Waals surface area contributed by atoms with Crippen LogP contribution in [0.25, 0.3) is 0 Å². The molecule has 0 amide bonds. The van der Waals surface area contributed by atoms with Crippen molar-refractivity contribution in [2.45, 2.75) is 59.1 Å². The van der Waals surface area contributed by atoms with Crippen molar-refractivity contribution in [2.24, 2.45) is 0 Å². The molecule has 0 atom stereocenters. The first-order chi connectivity index (χ1) is 6.96. The second-order valence-corrected chi connectivity index (χ2v) is 4.62. The van der Waals surface area contributed by atoms with Gasteiger partial charge in [-0.05, 0) is 39.2 Å². The van der Waals surface area contributed by atoms with Gasteiger partial charge in [-0.1, -0.05) is 13.8 Å². The van der Waals surface area contributed by atoms with Gasteiger partial charge in [0, 0.05) is 12.2 Å². The Kier molecular flexibility index (Phi) is 3.91. The zero-order valence-corrected chi connectivity index (χ0v) is 10.2. The molecule has 0 spiro atoms. The van der Waals surface area contributed by atoms with Crippen LogP contribution in [0.2, 0.25) is 0 Å². The Balaban J connectivity index is 2.71. The van der Waals surface area contributed by atoms with E-state index in [1.54, 1.807) is 0 Å². The van der Waals surface area contributed by atoms with Gasteiger partial charge >= 0.3 is 0 Å². The molecule has 86 valence electrons. The molecular formula is C12H22N2O. The summed E-state index contributed by atoms with van der Waals surface area (Å²) in [7, 11) is 0. The molecule has 0 saturated heterocycles. The van der Waals surface area contributed by atoms with Crippen LogP contribution in [0.5, 0.6) is 0 Å². The van der Waals surface area contributed by atoms with Crippen molar-refractivity contribution in [1.29, 1.82) is 0 Å². The highest BCUT2D eigenvalue weighted by Gasteiger charge is 2.14. The van der Waals surface area contributed by atoms with Gasteiger partial charge in [0.15, 0.2) is 0 Å². The molecule has 3 heteroatoms. The molecule has 0 unspecified atom stereocenters. The molecule has 0 aromatic carbocycles. The van der Waals surface area contributed by atoms with Crippen molar-refractivity contribution in [3.63, 3.8) is 0 Å². The second kappa shape index (κ2) is 4.79. The molecule has 0 radical (unpaired) electrons. The average Bonchev–Trinajstić information content (AvgIpc) is 2.56. The minimum Gasteiger partial charge on any atom is -0.390 e. The molecule has 0 aliphatic heterocycles. The van der Waals surface area contributed by atoms with E-state index < -0.39 is 5.60 Å². The van der Waals surface area contributed by atoms with Crippen molar-refractivity contribution in [3.05, 3.63) is 17.5 Å². The Bertz CT molecular complexity index is 310. The third-order valence-corrected chi connectivity index (χ3v) is 2.57. The lowest BCUT2D eigenvalue weighted by molar-refractivity contribution is 0.0648. The number of aliphatic hydroxyl groups is 1. The third-order valence-electron chi connectivity index (χ3n) is 2.57. The number of nitrogens with zero attached hydrogens (tertiary/aromatic N) is 2. The van der Waals surface area contributed by atoms with E-state index in [2.05, 4.69) is 25.0 Å². The van der Waals surface area contributed by atoms with Crippen LogP contribution in [-0.4, -0.2) is 20.5 Å². The number of aryl methyl sites for hydroxylation is 3. The summed E-state index contributed by atoms with van der Waals surface area (Å²) in [5.41, 5.74) is 1.79. The first-order valence-corrected chi connectivity index (χ1v) is 5.74. The van der Waals surface area contributed by atoms with E-state index in [0.717, 1.165) is 31.5 Å². The number of aromatic nitrogens is 2. The summed E-state index contributed by atoms with van der Waals surface area (Å²) in [6.07, 6.45) is 2.71. The fourth-order valence-corrected chi connectivity index (χ4v) is 1.55. The summed E-state index contributed by atoms with van der Waals surface area (Å²) < 4.78 is 2.02. The summed E-state index contributed by atoms with van der Waals surface area (Å²) >= 11 is 0. The Morgan fingerprint density at radius 2 is 2.00 bits per heavy atom. The van der Waals surface area contributed by atoms with Crippen LogP contribution < -0.4 is 0 Å². The normalized spacial score (nSPS) is 12.1. The van der Waals surface area contributed by atoms with E-state index in [9.17, 15) is 5.11 Å². The molecule has 0 fully saturated rings. The summed E-state index contributed by atoms with van der Waals surface area (Å²) in [4.78, 5) is 0. The average molecular weight is 210 g/mol. The Morgan fingerprint density at radius 1 is 1.33 bits per heavy atom. The minimum atomic E-state index is -0.608. The van der Waals surface area contributed by atoms with Gasteiger partial charge in [-0.15, -0.1) is 0 Å². The maximum Gasteiger partial charge on any atom is 0.0624 e. The summed E-state index contributed by atoms with van der Waals surface area (Å²) in [5.74, 6) is 0. The van der Waals surface area contributed by atoms with Crippen LogP contribution in [0.15, 0.2) is 6.07 Å². The fourth-order valence-electron chi connectivity index (χ4n) is 1.55. The van der Waals surface area contributed by atoms with Gasteiger partial charge in [-0.25, -0.2) is 0 Å². The topological polar surface area (TPSA) is 38.0 Å². The standard InChI is InChI=1S/C12H22N2O/c1-5-10-9-11(6-2)14(13-10)8-7-12(3,4)15/h9,15H,5-8H2,1-4H3. The van der Waals surface area contributed by atoms with Gasteiger partial charge in [0.25, 0.3) is 0 Å². The predicted octanol–water partition coefficient (Wildman–Crippen LogP) is 2.17. The minimum absolute atomic E-state index is 0.608. The van der Waals surface area contributed by atoms with Crippen molar-refractivity contribution in [3.8, 4) is 0 Å². The zero-order chi connectivity index (χ0) is 11.5. The smallest absolute Gasteiger partial charge is 0.0624 e. The maximum atomic E-state index is 9.67. The lowest BCUT2D eigenvalue weighted by atomic mass is 10.1. The van der Waals surface area contributed by atoms with Crippen LogP contribution in [0.3, 0.4) is 0 Å². The molecule has 1 aromatic rings. The maximum absolute atomic E-state index is 9.67. The molecule has 0 aliphatic rings. The molecule has 15 heavy (non-hydrogen) atoms. The van der Waals surface area contributed by atoms with E-state index in [1.807, 2.05) is 18.5 Å². The van der Waals surface area contributed by atoms with Crippen molar-refractivity contribution in [1.82, 2.24) is 9.78 Å². The van der Waals surface area contributed by atoms with Crippen LogP contribution in [-0.2, 0) is 19.4 Å². The number of hydrogen-bond acceptors (Lipinski definition) is 2. The molecule has 0 bridgehead atoms. The van der Waals surface area contributed by atoms with E-state index in [1.165, 1.54) is 5.69 Å². The van der Waals surface area contributed by atoms with Crippen LogP contribution in [0.1, 0.15) is 45.5 Å². The zero-order valence-electron chi connectivity index (χ0n) is 10.2. The van der Waals surface area contributed by atoms with Gasteiger partial charge in [-0.2, -0.15) is 5.10 Å². The van der Waals surface area contributed by atoms with Crippen LogP contribution in [0.4, 0.5) is 0 Å². The first kappa shape index (κ1) is 12.2. The van der Waals surface area contributed by atoms with Gasteiger partial charge in [0.1, 0.15) is 0 Å². The monoisotopic (exact) mass is 210 g/mol. The molecular weight excluding hydrogens is 188 g/mol. The predicted molar refractivity (Wildman–Crippen MR) is 61.9 cm³/mol. The van der Waals surface area contributed by atoms with E-state index in [-0.39, 0.29) is 0 Å². The van der Waals surface area contributed by atoms with Crippen LogP contribution >= 0.6 is 0 Å². The molecule has 1 N–H and O–H groups in total. The quantitative estimate of drug-likeness (QED) is 0.808. The molecule has 3 nitrogen and oxygen atoms in total. The highest BCUT2D eigenvalue weighted by atomic mass is 16.3. The molecule has 1 heterocycles. The van der Waals surface area contributed by atoms with Gasteiger partial charge < -0.3 is 5.11 Å². The van der Waals surface area contributed by atoms with Gasteiger partial charge in [0.05, 0.1) is 11.3 Å². The fraction of sp³-hybridized carbons (Fsp3) is 0.750. The van der Waals surface area contributed by atoms with E-state index in [4.69, 9.17) is 0 Å². The number of hydrogen-bond donors (Lipinski definition) is 1. The second-order valence-electron chi connectivity index (χ2n) is 4.62. The molecule has 0 saturated carbocycles. The SMILES string of the molecule is CCc1cc(CC)n(CCC(C)(C)O)n1. The van der Waals surface area contributed by atoms with Crippen molar-refractivity contribution in [2.75, 3.05) is 0 Å². The Labute approximate surface area is 92.1 Å². The van der Waals surface area contributed by atoms with E-state index >= 15 is 0 Å². The Hall–Kier alpha value is -0.830. The Morgan fingerprint density at radius 3 is 2.47 bits per heavy atom. The molecule has 1 rings (SSSR count). The third kappa shape index (κ3) is 3.67. The highest BCUT2D eigenvalue weighted by Crippen LogP contribution is 2.12. The summed E-state index contributed by atoms with van der Waals surface area (Å²) in [6.45, 7) is 8.72. The lowest BCUT2D eigenvalue weighted by Crippen LogP contribution is -2.22. The largest absolute Gasteiger partial charge is 0.390 e.